The summed E-state index contributed by atoms with van der Waals surface area (Å²) in [6.45, 7) is 1.72. The van der Waals surface area contributed by atoms with E-state index < -0.39 is 17.7 Å². The number of carbonyl (C=O) groups excluding carboxylic acids is 1. The van der Waals surface area contributed by atoms with E-state index in [9.17, 15) is 13.6 Å². The van der Waals surface area contributed by atoms with Crippen molar-refractivity contribution in [2.75, 3.05) is 0 Å². The number of ether oxygens (including phenoxy) is 1. The Balaban J connectivity index is 1.58. The van der Waals surface area contributed by atoms with E-state index in [2.05, 4.69) is 10.5 Å². The molecule has 0 saturated carbocycles. The smallest absolute Gasteiger partial charge is 0.261 e. The number of halogens is 2. The highest BCUT2D eigenvalue weighted by Gasteiger charge is 2.16. The quantitative estimate of drug-likeness (QED) is 0.730. The second-order valence-electron chi connectivity index (χ2n) is 5.60. The molecular formula is C19H16F2N2O3. The normalized spacial score (nSPS) is 11.8. The number of nitrogens with one attached hydrogen (secondary N) is 1. The number of rotatable bonds is 6. The lowest BCUT2D eigenvalue weighted by molar-refractivity contribution is -0.127. The van der Waals surface area contributed by atoms with Crippen molar-refractivity contribution in [3.63, 3.8) is 0 Å². The van der Waals surface area contributed by atoms with E-state index in [0.29, 0.717) is 11.4 Å². The van der Waals surface area contributed by atoms with E-state index in [-0.39, 0.29) is 23.8 Å². The monoisotopic (exact) mass is 358 g/mol. The van der Waals surface area contributed by atoms with Gasteiger partial charge in [0.25, 0.3) is 5.91 Å². The molecule has 0 unspecified atom stereocenters. The summed E-state index contributed by atoms with van der Waals surface area (Å²) < 4.78 is 37.3. The van der Waals surface area contributed by atoms with Crippen molar-refractivity contribution in [2.24, 2.45) is 0 Å². The molecule has 7 heteroatoms. The molecule has 5 nitrogen and oxygen atoms in total. The summed E-state index contributed by atoms with van der Waals surface area (Å²) >= 11 is 0. The fraction of sp³-hybridized carbons (Fsp3) is 0.158. The lowest BCUT2D eigenvalue weighted by Crippen LogP contribution is -2.35. The summed E-state index contributed by atoms with van der Waals surface area (Å²) in [5.41, 5.74) is 0.501. The summed E-state index contributed by atoms with van der Waals surface area (Å²) in [7, 11) is 0. The Morgan fingerprint density at radius 1 is 1.19 bits per heavy atom. The molecule has 0 aliphatic heterocycles. The third-order valence-corrected chi connectivity index (χ3v) is 3.62. The number of aromatic nitrogens is 1. The summed E-state index contributed by atoms with van der Waals surface area (Å²) in [4.78, 5) is 12.1. The van der Waals surface area contributed by atoms with Crippen LogP contribution in [-0.2, 0) is 11.3 Å². The standard InChI is InChI=1S/C19H16F2N2O3/c1-12(25-15-5-3-2-4-6-15)19(24)22-11-14-10-18(26-23-14)16-8-7-13(20)9-17(16)21/h2-10,12H,11H2,1H3,(H,22,24)/t12-/m0/s1. The summed E-state index contributed by atoms with van der Waals surface area (Å²) in [5.74, 6) is -1.01. The van der Waals surface area contributed by atoms with Crippen molar-refractivity contribution in [3.8, 4) is 17.1 Å². The highest BCUT2D eigenvalue weighted by Crippen LogP contribution is 2.24. The number of carbonyl (C=O) groups is 1. The predicted molar refractivity (Wildman–Crippen MR) is 90.2 cm³/mol. The lowest BCUT2D eigenvalue weighted by atomic mass is 10.1. The highest BCUT2D eigenvalue weighted by atomic mass is 19.1. The van der Waals surface area contributed by atoms with Gasteiger partial charge in [-0.25, -0.2) is 8.78 Å². The first kappa shape index (κ1) is 17.6. The van der Waals surface area contributed by atoms with E-state index in [1.54, 1.807) is 19.1 Å². The van der Waals surface area contributed by atoms with Gasteiger partial charge in [0.05, 0.1) is 12.1 Å². The molecule has 3 rings (SSSR count). The van der Waals surface area contributed by atoms with Crippen LogP contribution in [0.5, 0.6) is 5.75 Å². The van der Waals surface area contributed by atoms with Gasteiger partial charge in [0.15, 0.2) is 11.9 Å². The zero-order valence-corrected chi connectivity index (χ0v) is 13.9. The van der Waals surface area contributed by atoms with Gasteiger partial charge in [-0.15, -0.1) is 0 Å². The van der Waals surface area contributed by atoms with Gasteiger partial charge < -0.3 is 14.6 Å². The van der Waals surface area contributed by atoms with Crippen molar-refractivity contribution in [1.29, 1.82) is 0 Å². The molecule has 2 aromatic carbocycles. The molecule has 1 aromatic heterocycles. The number of para-hydroxylation sites is 1. The molecule has 0 spiro atoms. The van der Waals surface area contributed by atoms with Gasteiger partial charge in [0.1, 0.15) is 23.1 Å². The summed E-state index contributed by atoms with van der Waals surface area (Å²) in [6.07, 6.45) is -0.696. The Labute approximate surface area is 148 Å². The minimum atomic E-state index is -0.749. The fourth-order valence-electron chi connectivity index (χ4n) is 2.29. The molecular weight excluding hydrogens is 342 g/mol. The first-order valence-electron chi connectivity index (χ1n) is 7.93. The molecule has 1 heterocycles. The van der Waals surface area contributed by atoms with E-state index >= 15 is 0 Å². The molecule has 0 fully saturated rings. The molecule has 1 N–H and O–H groups in total. The van der Waals surface area contributed by atoms with Gasteiger partial charge in [-0.1, -0.05) is 23.4 Å². The second-order valence-corrected chi connectivity index (χ2v) is 5.60. The Morgan fingerprint density at radius 2 is 1.96 bits per heavy atom. The first-order chi connectivity index (χ1) is 12.5. The minimum Gasteiger partial charge on any atom is -0.481 e. The van der Waals surface area contributed by atoms with Gasteiger partial charge in [0, 0.05) is 12.1 Å². The van der Waals surface area contributed by atoms with Crippen LogP contribution in [0.4, 0.5) is 8.78 Å². The van der Waals surface area contributed by atoms with E-state index in [0.717, 1.165) is 12.1 Å². The van der Waals surface area contributed by atoms with E-state index in [1.165, 1.54) is 12.1 Å². The fourth-order valence-corrected chi connectivity index (χ4v) is 2.29. The van der Waals surface area contributed by atoms with Crippen molar-refractivity contribution in [1.82, 2.24) is 10.5 Å². The molecule has 0 radical (unpaired) electrons. The van der Waals surface area contributed by atoms with Crippen LogP contribution in [0.15, 0.2) is 59.1 Å². The van der Waals surface area contributed by atoms with Crippen molar-refractivity contribution >= 4 is 5.91 Å². The van der Waals surface area contributed by atoms with Gasteiger partial charge in [-0.2, -0.15) is 0 Å². The SMILES string of the molecule is C[C@H](Oc1ccccc1)C(=O)NCc1cc(-c2ccc(F)cc2F)on1. The topological polar surface area (TPSA) is 64.4 Å². The minimum absolute atomic E-state index is 0.0909. The maximum absolute atomic E-state index is 13.8. The van der Waals surface area contributed by atoms with Crippen molar-refractivity contribution < 1.29 is 22.8 Å². The molecule has 0 bridgehead atoms. The van der Waals surface area contributed by atoms with Crippen LogP contribution in [0, 0.1) is 11.6 Å². The maximum Gasteiger partial charge on any atom is 0.261 e. The molecule has 3 aromatic rings. The van der Waals surface area contributed by atoms with Crippen LogP contribution in [-0.4, -0.2) is 17.2 Å². The Morgan fingerprint density at radius 3 is 2.69 bits per heavy atom. The Hall–Kier alpha value is -3.22. The highest BCUT2D eigenvalue weighted by molar-refractivity contribution is 5.80. The average Bonchev–Trinajstić information content (AvgIpc) is 3.09. The number of benzene rings is 2. The van der Waals surface area contributed by atoms with Crippen LogP contribution in [0.2, 0.25) is 0 Å². The predicted octanol–water partition coefficient (Wildman–Crippen LogP) is 3.70. The molecule has 1 atom stereocenters. The first-order valence-corrected chi connectivity index (χ1v) is 7.93. The zero-order chi connectivity index (χ0) is 18.5. The van der Waals surface area contributed by atoms with Crippen molar-refractivity contribution in [2.45, 2.75) is 19.6 Å². The van der Waals surface area contributed by atoms with Crippen LogP contribution < -0.4 is 10.1 Å². The van der Waals surface area contributed by atoms with Crippen LogP contribution in [0.3, 0.4) is 0 Å². The molecule has 134 valence electrons. The summed E-state index contributed by atoms with van der Waals surface area (Å²) in [5, 5.41) is 6.45. The maximum atomic E-state index is 13.8. The summed E-state index contributed by atoms with van der Waals surface area (Å²) in [6, 6.07) is 13.6. The molecule has 0 aliphatic carbocycles. The largest absolute Gasteiger partial charge is 0.481 e. The van der Waals surface area contributed by atoms with Crippen LogP contribution in [0.1, 0.15) is 12.6 Å². The van der Waals surface area contributed by atoms with Gasteiger partial charge in [-0.05, 0) is 31.2 Å². The molecule has 0 saturated heterocycles. The molecule has 26 heavy (non-hydrogen) atoms. The average molecular weight is 358 g/mol. The number of amides is 1. The third-order valence-electron chi connectivity index (χ3n) is 3.62. The molecule has 1 amide bonds. The van der Waals surface area contributed by atoms with E-state index in [4.69, 9.17) is 9.26 Å². The van der Waals surface area contributed by atoms with Crippen LogP contribution in [0.25, 0.3) is 11.3 Å². The van der Waals surface area contributed by atoms with Gasteiger partial charge in [0.2, 0.25) is 0 Å². The lowest BCUT2D eigenvalue weighted by Gasteiger charge is -2.13. The zero-order valence-electron chi connectivity index (χ0n) is 13.9. The van der Waals surface area contributed by atoms with E-state index in [1.807, 2.05) is 18.2 Å². The van der Waals surface area contributed by atoms with Gasteiger partial charge >= 0.3 is 0 Å². The number of hydrogen-bond acceptors (Lipinski definition) is 4. The molecule has 0 aliphatic rings. The Bertz CT molecular complexity index is 897. The van der Waals surface area contributed by atoms with Gasteiger partial charge in [-0.3, -0.25) is 4.79 Å². The number of nitrogens with zero attached hydrogens (tertiary/aromatic N) is 1. The Kier molecular flexibility index (Phi) is 5.26. The van der Waals surface area contributed by atoms with Crippen molar-refractivity contribution in [3.05, 3.63) is 71.9 Å². The number of hydrogen-bond donors (Lipinski definition) is 1. The second kappa shape index (κ2) is 7.77. The van der Waals surface area contributed by atoms with Crippen LogP contribution >= 0.6 is 0 Å². The third kappa shape index (κ3) is 4.24.